The van der Waals surface area contributed by atoms with Gasteiger partial charge in [0, 0.05) is 6.08 Å². The van der Waals surface area contributed by atoms with Gasteiger partial charge in [-0.2, -0.15) is 0 Å². The minimum atomic E-state index is -4.94. The van der Waals surface area contributed by atoms with Gasteiger partial charge >= 0.3 is 0 Å². The molecule has 0 bridgehead atoms. The van der Waals surface area contributed by atoms with Gasteiger partial charge in [-0.3, -0.25) is 0 Å². The molecule has 0 amide bonds. The lowest BCUT2D eigenvalue weighted by Gasteiger charge is -2.17. The van der Waals surface area contributed by atoms with Crippen molar-refractivity contribution in [1.29, 1.82) is 0 Å². The molecule has 0 atom stereocenters. The molecule has 1 fully saturated rings. The van der Waals surface area contributed by atoms with E-state index in [1.54, 1.807) is 7.11 Å². The molecule has 1 aromatic rings. The highest BCUT2D eigenvalue weighted by atomic mass is 35.7. The third-order valence-electron chi connectivity index (χ3n) is 2.84. The van der Waals surface area contributed by atoms with Gasteiger partial charge in [-0.15, -0.1) is 10.2 Å². The molecular formula is C14H17Cl2NO6. The molecule has 1 aliphatic rings. The summed E-state index contributed by atoms with van der Waals surface area (Å²) in [6, 6.07) is 7.70. The van der Waals surface area contributed by atoms with Gasteiger partial charge in [0.2, 0.25) is 0 Å². The summed E-state index contributed by atoms with van der Waals surface area (Å²) in [6.07, 6.45) is 3.95. The van der Waals surface area contributed by atoms with Gasteiger partial charge in [0.05, 0.1) is 12.1 Å². The Hall–Kier alpha value is -1.19. The zero-order chi connectivity index (χ0) is 17.3. The number of rotatable bonds is 3. The SMILES string of the molecule is COc1ccc(C(Cl)=CC=[N+]2CCOCC2)cc1.[O-][Cl+3]([O-])([O-])[O-]. The third kappa shape index (κ3) is 9.52. The van der Waals surface area contributed by atoms with Gasteiger partial charge in [0.25, 0.3) is 0 Å². The molecule has 1 aromatic carbocycles. The molecule has 23 heavy (non-hydrogen) atoms. The van der Waals surface area contributed by atoms with Crippen molar-refractivity contribution in [3.8, 4) is 5.75 Å². The zero-order valence-corrected chi connectivity index (χ0v) is 14.0. The maximum atomic E-state index is 8.49. The molecular weight excluding hydrogens is 349 g/mol. The summed E-state index contributed by atoms with van der Waals surface area (Å²) in [5, 5.41) is 0.726. The monoisotopic (exact) mass is 365 g/mol. The van der Waals surface area contributed by atoms with Crippen LogP contribution in [0.3, 0.4) is 0 Å². The van der Waals surface area contributed by atoms with Crippen molar-refractivity contribution >= 4 is 22.8 Å². The van der Waals surface area contributed by atoms with Crippen LogP contribution in [0.5, 0.6) is 5.75 Å². The summed E-state index contributed by atoms with van der Waals surface area (Å²) in [6.45, 7) is 3.40. The molecule has 0 radical (unpaired) electrons. The Morgan fingerprint density at radius 2 is 1.70 bits per heavy atom. The normalized spacial score (nSPS) is 15.6. The molecule has 9 heteroatoms. The van der Waals surface area contributed by atoms with Crippen LogP contribution in [0.2, 0.25) is 0 Å². The molecule has 1 heterocycles. The largest absolute Gasteiger partial charge is 0.497 e. The molecule has 0 aromatic heterocycles. The summed E-state index contributed by atoms with van der Waals surface area (Å²) in [5.41, 5.74) is 0.988. The van der Waals surface area contributed by atoms with Crippen LogP contribution in [0.15, 0.2) is 30.3 Å². The van der Waals surface area contributed by atoms with Gasteiger partial charge < -0.3 is 9.47 Å². The van der Waals surface area contributed by atoms with E-state index in [9.17, 15) is 0 Å². The summed E-state index contributed by atoms with van der Waals surface area (Å²) < 4.78 is 46.6. The Morgan fingerprint density at radius 1 is 1.17 bits per heavy atom. The first-order valence-corrected chi connectivity index (χ1v) is 8.19. The topological polar surface area (TPSA) is 114 Å². The lowest BCUT2D eigenvalue weighted by Crippen LogP contribution is -2.68. The number of hydrogen-bond acceptors (Lipinski definition) is 6. The van der Waals surface area contributed by atoms with Crippen LogP contribution in [-0.4, -0.2) is 44.2 Å². The van der Waals surface area contributed by atoms with Crippen LogP contribution in [-0.2, 0) is 4.74 Å². The lowest BCUT2D eigenvalue weighted by molar-refractivity contribution is -2.00. The van der Waals surface area contributed by atoms with E-state index in [-0.39, 0.29) is 0 Å². The van der Waals surface area contributed by atoms with Crippen LogP contribution < -0.4 is 23.4 Å². The van der Waals surface area contributed by atoms with Gasteiger partial charge in [-0.1, -0.05) is 11.6 Å². The first-order chi connectivity index (χ1) is 10.8. The van der Waals surface area contributed by atoms with Gasteiger partial charge in [-0.25, -0.2) is 23.2 Å². The van der Waals surface area contributed by atoms with E-state index < -0.39 is 10.2 Å². The maximum Gasteiger partial charge on any atom is 0.166 e. The standard InChI is InChI=1S/C14H17ClNO2.ClHO4/c1-17-13-4-2-12(3-5-13)14(15)6-7-16-8-10-18-11-9-16;2-1(3,4)5/h2-7H,8-11H2,1H3;(H,2,3,4,5)/q+1;/p-1. The Balaban J connectivity index is 0.000000463. The average molecular weight is 366 g/mol. The number of ether oxygens (including phenoxy) is 2. The fourth-order valence-electron chi connectivity index (χ4n) is 1.74. The number of allylic oxidation sites excluding steroid dienone is 1. The lowest BCUT2D eigenvalue weighted by atomic mass is 10.2. The van der Waals surface area contributed by atoms with Crippen molar-refractivity contribution in [2.45, 2.75) is 0 Å². The van der Waals surface area contributed by atoms with Crippen molar-refractivity contribution in [2.75, 3.05) is 33.4 Å². The van der Waals surface area contributed by atoms with Crippen LogP contribution in [0, 0.1) is 10.2 Å². The number of nitrogens with zero attached hydrogens (tertiary/aromatic N) is 1. The Kier molecular flexibility index (Phi) is 8.49. The number of methoxy groups -OCH3 is 1. The van der Waals surface area contributed by atoms with Crippen molar-refractivity contribution in [3.63, 3.8) is 0 Å². The maximum absolute atomic E-state index is 8.49. The van der Waals surface area contributed by atoms with E-state index >= 15 is 0 Å². The molecule has 128 valence electrons. The van der Waals surface area contributed by atoms with Crippen LogP contribution >= 0.6 is 11.6 Å². The van der Waals surface area contributed by atoms with Crippen molar-refractivity contribution in [1.82, 2.24) is 0 Å². The number of hydrogen-bond donors (Lipinski definition) is 0. The highest BCUT2D eigenvalue weighted by Gasteiger charge is 2.09. The zero-order valence-electron chi connectivity index (χ0n) is 12.4. The summed E-state index contributed by atoms with van der Waals surface area (Å²) in [4.78, 5) is 0. The van der Waals surface area contributed by atoms with Crippen molar-refractivity contribution < 1.29 is 42.9 Å². The number of halogens is 2. The first-order valence-electron chi connectivity index (χ1n) is 6.58. The summed E-state index contributed by atoms with van der Waals surface area (Å²) >= 11 is 6.25. The van der Waals surface area contributed by atoms with E-state index in [0.29, 0.717) is 0 Å². The Labute approximate surface area is 141 Å². The predicted molar refractivity (Wildman–Crippen MR) is 73.7 cm³/mol. The Morgan fingerprint density at radius 3 is 2.17 bits per heavy atom. The van der Waals surface area contributed by atoms with Gasteiger partial charge in [0.1, 0.15) is 19.0 Å². The van der Waals surface area contributed by atoms with E-state index in [1.165, 1.54) is 0 Å². The van der Waals surface area contributed by atoms with Gasteiger partial charge in [0.15, 0.2) is 19.3 Å². The smallest absolute Gasteiger partial charge is 0.166 e. The van der Waals surface area contributed by atoms with Gasteiger partial charge in [-0.05, 0) is 29.8 Å². The average Bonchev–Trinajstić information content (AvgIpc) is 2.52. The van der Waals surface area contributed by atoms with Crippen LogP contribution in [0.25, 0.3) is 5.03 Å². The molecule has 0 N–H and O–H groups in total. The highest BCUT2D eigenvalue weighted by Crippen LogP contribution is 2.21. The highest BCUT2D eigenvalue weighted by molar-refractivity contribution is 6.49. The number of benzene rings is 1. The molecule has 0 saturated carbocycles. The number of morpholine rings is 1. The molecule has 0 unspecified atom stereocenters. The second-order valence-corrected chi connectivity index (χ2v) is 5.58. The molecule has 0 spiro atoms. The molecule has 0 aliphatic carbocycles. The van der Waals surface area contributed by atoms with E-state index in [1.807, 2.05) is 36.6 Å². The van der Waals surface area contributed by atoms with E-state index in [0.717, 1.165) is 42.6 Å². The molecule has 2 rings (SSSR count). The molecule has 7 nitrogen and oxygen atoms in total. The van der Waals surface area contributed by atoms with Crippen LogP contribution in [0.4, 0.5) is 0 Å². The van der Waals surface area contributed by atoms with E-state index in [2.05, 4.69) is 4.58 Å². The Bertz CT molecular complexity index is 525. The summed E-state index contributed by atoms with van der Waals surface area (Å²) in [5.74, 6) is 0.834. The predicted octanol–water partition coefficient (Wildman–Crippen LogP) is -2.37. The minimum Gasteiger partial charge on any atom is -0.497 e. The van der Waals surface area contributed by atoms with Crippen LogP contribution in [0.1, 0.15) is 5.56 Å². The molecule has 1 aliphatic heterocycles. The fraction of sp³-hybridized carbons (Fsp3) is 0.357. The summed E-state index contributed by atoms with van der Waals surface area (Å²) in [7, 11) is -3.29. The second kappa shape index (κ2) is 9.84. The van der Waals surface area contributed by atoms with Crippen molar-refractivity contribution in [3.05, 3.63) is 35.9 Å². The minimum absolute atomic E-state index is 0.726. The van der Waals surface area contributed by atoms with E-state index in [4.69, 9.17) is 39.7 Å². The fourth-order valence-corrected chi connectivity index (χ4v) is 1.93. The first kappa shape index (κ1) is 19.9. The third-order valence-corrected chi connectivity index (χ3v) is 3.19. The molecule has 1 saturated heterocycles. The van der Waals surface area contributed by atoms with Crippen molar-refractivity contribution in [2.24, 2.45) is 0 Å². The quantitative estimate of drug-likeness (QED) is 0.553. The second-order valence-electron chi connectivity index (χ2n) is 4.42.